The van der Waals surface area contributed by atoms with Crippen molar-refractivity contribution in [2.45, 2.75) is 64.7 Å². The average molecular weight is 473 g/mol. The van der Waals surface area contributed by atoms with E-state index in [2.05, 4.69) is 48.5 Å². The molecule has 1 saturated heterocycles. The van der Waals surface area contributed by atoms with Gasteiger partial charge in [-0.25, -0.2) is 15.0 Å². The van der Waals surface area contributed by atoms with Gasteiger partial charge in [-0.05, 0) is 52.7 Å². The average Bonchev–Trinajstić information content (AvgIpc) is 3.54. The molecule has 4 aromatic rings. The second-order valence-corrected chi connectivity index (χ2v) is 10.3. The van der Waals surface area contributed by atoms with Crippen molar-refractivity contribution in [1.29, 1.82) is 0 Å². The van der Waals surface area contributed by atoms with Crippen LogP contribution in [-0.4, -0.2) is 62.5 Å². The molecular formula is C26H32N8O. The van der Waals surface area contributed by atoms with Gasteiger partial charge in [0.15, 0.2) is 11.3 Å². The summed E-state index contributed by atoms with van der Waals surface area (Å²) in [6.45, 7) is 10.2. The molecule has 1 amide bonds. The van der Waals surface area contributed by atoms with E-state index in [1.54, 1.807) is 0 Å². The number of hydrogen-bond acceptors (Lipinski definition) is 7. The maximum atomic E-state index is 13.6. The fourth-order valence-corrected chi connectivity index (χ4v) is 5.14. The highest BCUT2D eigenvalue weighted by Crippen LogP contribution is 2.34. The second-order valence-electron chi connectivity index (χ2n) is 10.3. The third-order valence-corrected chi connectivity index (χ3v) is 6.68. The van der Waals surface area contributed by atoms with Gasteiger partial charge in [0.25, 0.3) is 5.91 Å². The number of aromatic nitrogens is 4. The number of piperazine rings is 1. The molecule has 35 heavy (non-hydrogen) atoms. The van der Waals surface area contributed by atoms with Gasteiger partial charge in [-0.2, -0.15) is 0 Å². The van der Waals surface area contributed by atoms with Crippen molar-refractivity contribution in [2.75, 3.05) is 23.3 Å². The Kier molecular flexibility index (Phi) is 5.25. The number of imidazole rings is 1. The smallest absolute Gasteiger partial charge is 0.257 e. The van der Waals surface area contributed by atoms with Crippen molar-refractivity contribution >= 4 is 45.3 Å². The molecule has 1 aromatic carbocycles. The summed E-state index contributed by atoms with van der Waals surface area (Å²) in [5, 5.41) is 10.2. The van der Waals surface area contributed by atoms with E-state index >= 15 is 0 Å². The summed E-state index contributed by atoms with van der Waals surface area (Å²) < 4.78 is 2.00. The number of anilines is 2. The molecule has 0 spiro atoms. The summed E-state index contributed by atoms with van der Waals surface area (Å²) in [6, 6.07) is 9.01. The normalized spacial score (nSPS) is 20.8. The molecule has 9 nitrogen and oxygen atoms in total. The third-order valence-electron chi connectivity index (χ3n) is 6.68. The third kappa shape index (κ3) is 3.93. The van der Waals surface area contributed by atoms with Crippen molar-refractivity contribution in [3.05, 3.63) is 36.0 Å². The first-order chi connectivity index (χ1) is 16.9. The minimum Gasteiger partial charge on any atom is -0.380 e. The zero-order chi connectivity index (χ0) is 24.3. The molecule has 6 rings (SSSR count). The molecule has 182 valence electrons. The number of nitrogens with one attached hydrogen (secondary N) is 3. The van der Waals surface area contributed by atoms with Gasteiger partial charge in [-0.15, -0.1) is 0 Å². The molecule has 3 aromatic heterocycles. The van der Waals surface area contributed by atoms with Crippen LogP contribution in [0.1, 0.15) is 50.9 Å². The highest BCUT2D eigenvalue weighted by atomic mass is 16.1. The zero-order valence-electron chi connectivity index (χ0n) is 20.7. The molecule has 1 saturated carbocycles. The van der Waals surface area contributed by atoms with Crippen molar-refractivity contribution in [2.24, 2.45) is 0 Å². The first-order valence-corrected chi connectivity index (χ1v) is 12.6. The number of hydrogen-bond donors (Lipinski definition) is 3. The van der Waals surface area contributed by atoms with Gasteiger partial charge < -0.3 is 20.9 Å². The van der Waals surface area contributed by atoms with Crippen LogP contribution in [0.3, 0.4) is 0 Å². The Labute approximate surface area is 204 Å². The summed E-state index contributed by atoms with van der Waals surface area (Å²) in [6.07, 6.45) is 3.87. The van der Waals surface area contributed by atoms with Gasteiger partial charge in [0.05, 0.1) is 22.9 Å². The molecule has 2 unspecified atom stereocenters. The van der Waals surface area contributed by atoms with E-state index in [0.29, 0.717) is 40.1 Å². The quantitative estimate of drug-likeness (QED) is 0.410. The molecule has 4 heterocycles. The van der Waals surface area contributed by atoms with E-state index in [4.69, 9.17) is 15.0 Å². The van der Waals surface area contributed by atoms with Gasteiger partial charge in [0.2, 0.25) is 0 Å². The van der Waals surface area contributed by atoms with E-state index in [0.717, 1.165) is 42.8 Å². The van der Waals surface area contributed by atoms with Crippen molar-refractivity contribution in [3.63, 3.8) is 0 Å². The summed E-state index contributed by atoms with van der Waals surface area (Å²) in [7, 11) is 0. The summed E-state index contributed by atoms with van der Waals surface area (Å²) in [5.74, 6) is 0.718. The SMILES string of the molecule is CC(C)Nc1c(C(=O)NC2CC2)c2nc3ccccc3n2c2nc(N3CC(C)NC(C)C3)cnc12. The number of rotatable bonds is 5. The first-order valence-electron chi connectivity index (χ1n) is 12.6. The predicted octanol–water partition coefficient (Wildman–Crippen LogP) is 3.33. The predicted molar refractivity (Wildman–Crippen MR) is 139 cm³/mol. The largest absolute Gasteiger partial charge is 0.380 e. The molecule has 9 heteroatoms. The number of carbonyl (C=O) groups excluding carboxylic acids is 1. The number of carbonyl (C=O) groups is 1. The maximum Gasteiger partial charge on any atom is 0.257 e. The standard InChI is InChI=1S/C26H32N8O/c1-14(2)28-22-21(26(35)30-17-9-10-17)24-31-18-7-5-6-8-19(18)34(24)25-23(22)27-11-20(32-25)33-12-15(3)29-16(4)13-33/h5-8,11,14-17,28-29H,9-10,12-13H2,1-4H3,(H,30,35). The van der Waals surface area contributed by atoms with E-state index in [1.165, 1.54) is 0 Å². The lowest BCUT2D eigenvalue weighted by Crippen LogP contribution is -2.54. The lowest BCUT2D eigenvalue weighted by molar-refractivity contribution is 0.0953. The lowest BCUT2D eigenvalue weighted by Gasteiger charge is -2.36. The van der Waals surface area contributed by atoms with Crippen molar-refractivity contribution in [1.82, 2.24) is 30.0 Å². The number of nitrogens with zero attached hydrogens (tertiary/aromatic N) is 5. The fraction of sp³-hybridized carbons (Fsp3) is 0.462. The van der Waals surface area contributed by atoms with E-state index < -0.39 is 0 Å². The lowest BCUT2D eigenvalue weighted by atomic mass is 10.1. The molecule has 0 bridgehead atoms. The van der Waals surface area contributed by atoms with Crippen LogP contribution in [0.5, 0.6) is 0 Å². The van der Waals surface area contributed by atoms with Gasteiger partial charge in [0, 0.05) is 37.3 Å². The fourth-order valence-electron chi connectivity index (χ4n) is 5.14. The number of benzene rings is 1. The van der Waals surface area contributed by atoms with Crippen molar-refractivity contribution < 1.29 is 4.79 Å². The number of amides is 1. The van der Waals surface area contributed by atoms with Gasteiger partial charge in [-0.1, -0.05) is 12.1 Å². The highest BCUT2D eigenvalue weighted by Gasteiger charge is 2.30. The second kappa shape index (κ2) is 8.34. The van der Waals surface area contributed by atoms with Crippen LogP contribution in [0.4, 0.5) is 11.5 Å². The minimum atomic E-state index is -0.117. The summed E-state index contributed by atoms with van der Waals surface area (Å²) in [5.41, 5.74) is 4.95. The summed E-state index contributed by atoms with van der Waals surface area (Å²) in [4.78, 5) is 30.8. The number of para-hydroxylation sites is 2. The molecule has 0 radical (unpaired) electrons. The van der Waals surface area contributed by atoms with E-state index in [1.807, 2.05) is 34.9 Å². The zero-order valence-corrected chi connectivity index (χ0v) is 20.7. The molecule has 2 atom stereocenters. The van der Waals surface area contributed by atoms with E-state index in [9.17, 15) is 4.79 Å². The van der Waals surface area contributed by atoms with E-state index in [-0.39, 0.29) is 18.0 Å². The van der Waals surface area contributed by atoms with Gasteiger partial charge in [0.1, 0.15) is 16.9 Å². The molecule has 2 aliphatic rings. The molecule has 2 fully saturated rings. The van der Waals surface area contributed by atoms with Crippen LogP contribution in [0.15, 0.2) is 30.5 Å². The maximum absolute atomic E-state index is 13.6. The van der Waals surface area contributed by atoms with Crippen LogP contribution >= 0.6 is 0 Å². The summed E-state index contributed by atoms with van der Waals surface area (Å²) >= 11 is 0. The molecule has 1 aliphatic carbocycles. The van der Waals surface area contributed by atoms with Crippen LogP contribution in [0, 0.1) is 0 Å². The first kappa shape index (κ1) is 22.0. The Hall–Kier alpha value is -3.46. The molecule has 3 N–H and O–H groups in total. The number of fused-ring (bicyclic) bond motifs is 5. The topological polar surface area (TPSA) is 99.5 Å². The molecule has 1 aliphatic heterocycles. The highest BCUT2D eigenvalue weighted by molar-refractivity contribution is 6.13. The van der Waals surface area contributed by atoms with Crippen LogP contribution < -0.4 is 20.9 Å². The Morgan fingerprint density at radius 1 is 1.09 bits per heavy atom. The van der Waals surface area contributed by atoms with Crippen LogP contribution in [0.25, 0.3) is 27.8 Å². The Balaban J connectivity index is 1.64. The van der Waals surface area contributed by atoms with Gasteiger partial charge in [-0.3, -0.25) is 9.20 Å². The van der Waals surface area contributed by atoms with Gasteiger partial charge >= 0.3 is 0 Å². The number of pyridine rings is 1. The molecular weight excluding hydrogens is 440 g/mol. The minimum absolute atomic E-state index is 0.105. The Bertz CT molecular complexity index is 1430. The van der Waals surface area contributed by atoms with Crippen LogP contribution in [0.2, 0.25) is 0 Å². The van der Waals surface area contributed by atoms with Crippen LogP contribution in [-0.2, 0) is 0 Å². The monoisotopic (exact) mass is 472 g/mol. The Morgan fingerprint density at radius 2 is 1.83 bits per heavy atom. The Morgan fingerprint density at radius 3 is 2.54 bits per heavy atom. The van der Waals surface area contributed by atoms with Crippen molar-refractivity contribution in [3.8, 4) is 0 Å².